The summed E-state index contributed by atoms with van der Waals surface area (Å²) in [6.45, 7) is -0.996. The van der Waals surface area contributed by atoms with Crippen LogP contribution in [0.5, 0.6) is 0 Å². The number of nitrogens with zero attached hydrogens (tertiary/aromatic N) is 2. The van der Waals surface area contributed by atoms with Gasteiger partial charge in [-0.2, -0.15) is 0 Å². The summed E-state index contributed by atoms with van der Waals surface area (Å²) in [5.41, 5.74) is 6.79. The molecule has 0 unspecified atom stereocenters. The normalized spacial score (nSPS) is 12.3. The van der Waals surface area contributed by atoms with E-state index < -0.39 is 54.8 Å². The summed E-state index contributed by atoms with van der Waals surface area (Å²) in [5, 5.41) is 12.6. The van der Waals surface area contributed by atoms with Crippen molar-refractivity contribution in [3.8, 4) is 0 Å². The standard InChI is InChI=1S/C38H48N8O11/c1-45(18-19-56-25-30(39)47)38(55)57-24-27-11-13-28(14-12-27)43-33(50)23-42-37(54)29(20-26-8-4-2-5-9-26)44-34(51)22-41-32(49)21-40-31(48)10-6-3-7-17-46-35(52)15-16-36(46)53/h2,4-5,8-9,11-16,29H,3,6-7,10,17-25H2,1H3,(H2,39,47)(H,40,48)(H,41,49)(H,42,54)(H,43,50)(H,44,51)/t29-/m0/s1. The van der Waals surface area contributed by atoms with Crippen LogP contribution in [0.1, 0.15) is 36.8 Å². The van der Waals surface area contributed by atoms with E-state index in [0.29, 0.717) is 30.5 Å². The number of hydrogen-bond acceptors (Lipinski definition) is 11. The van der Waals surface area contributed by atoms with E-state index in [4.69, 9.17) is 15.2 Å². The van der Waals surface area contributed by atoms with E-state index in [1.54, 1.807) is 54.6 Å². The highest BCUT2D eigenvalue weighted by atomic mass is 16.6. The number of benzene rings is 2. The van der Waals surface area contributed by atoms with E-state index >= 15 is 0 Å². The lowest BCUT2D eigenvalue weighted by Gasteiger charge is -2.19. The van der Waals surface area contributed by atoms with Gasteiger partial charge in [-0.15, -0.1) is 0 Å². The minimum Gasteiger partial charge on any atom is -0.445 e. The minimum absolute atomic E-state index is 0.0412. The molecule has 0 saturated carbocycles. The van der Waals surface area contributed by atoms with Crippen molar-refractivity contribution in [1.29, 1.82) is 0 Å². The third kappa shape index (κ3) is 17.6. The first kappa shape index (κ1) is 44.8. The molecular formula is C38H48N8O11. The van der Waals surface area contributed by atoms with Gasteiger partial charge in [0, 0.05) is 50.8 Å². The predicted molar refractivity (Wildman–Crippen MR) is 203 cm³/mol. The molecule has 0 fully saturated rings. The molecule has 7 N–H and O–H groups in total. The zero-order valence-electron chi connectivity index (χ0n) is 31.6. The van der Waals surface area contributed by atoms with Crippen molar-refractivity contribution in [2.45, 2.75) is 44.8 Å². The summed E-state index contributed by atoms with van der Waals surface area (Å²) in [6, 6.07) is 14.2. The SMILES string of the molecule is CN(CCOCC(N)=O)C(=O)OCc1ccc(NC(=O)CNC(=O)[C@H](Cc2ccccc2)NC(=O)CNC(=O)CNC(=O)CCCCCN2C(=O)C=CC2=O)cc1. The molecule has 3 rings (SSSR count). The van der Waals surface area contributed by atoms with Crippen molar-refractivity contribution in [2.75, 3.05) is 58.3 Å². The Morgan fingerprint density at radius 1 is 0.754 bits per heavy atom. The Hall–Kier alpha value is -6.63. The fourth-order valence-corrected chi connectivity index (χ4v) is 5.10. The van der Waals surface area contributed by atoms with Crippen molar-refractivity contribution < 1.29 is 52.6 Å². The van der Waals surface area contributed by atoms with Crippen molar-refractivity contribution in [3.63, 3.8) is 0 Å². The number of amides is 9. The molecule has 0 saturated heterocycles. The van der Waals surface area contributed by atoms with E-state index in [-0.39, 0.29) is 70.0 Å². The summed E-state index contributed by atoms with van der Waals surface area (Å²) < 4.78 is 10.3. The molecule has 2 aromatic carbocycles. The monoisotopic (exact) mass is 792 g/mol. The fourth-order valence-electron chi connectivity index (χ4n) is 5.10. The molecule has 1 aliphatic heterocycles. The lowest BCUT2D eigenvalue weighted by molar-refractivity contribution is -0.137. The number of likely N-dealkylation sites (N-methyl/N-ethyl adjacent to an activating group) is 1. The van der Waals surface area contributed by atoms with Gasteiger partial charge < -0.3 is 46.7 Å². The van der Waals surface area contributed by atoms with E-state index in [1.165, 1.54) is 24.1 Å². The van der Waals surface area contributed by atoms with Gasteiger partial charge in [0.1, 0.15) is 19.3 Å². The summed E-state index contributed by atoms with van der Waals surface area (Å²) in [5.74, 6) is -4.20. The van der Waals surface area contributed by atoms with Crippen LogP contribution in [0.4, 0.5) is 10.5 Å². The number of ether oxygens (including phenoxy) is 2. The number of primary amides is 1. The third-order valence-corrected chi connectivity index (χ3v) is 8.16. The summed E-state index contributed by atoms with van der Waals surface area (Å²) in [6.07, 6.45) is 3.66. The number of anilines is 1. The van der Waals surface area contributed by atoms with Crippen molar-refractivity contribution >= 4 is 59.0 Å². The van der Waals surface area contributed by atoms with Crippen LogP contribution in [-0.4, -0.2) is 122 Å². The summed E-state index contributed by atoms with van der Waals surface area (Å²) >= 11 is 0. The molecule has 2 aromatic rings. The van der Waals surface area contributed by atoms with Crippen molar-refractivity contribution in [3.05, 3.63) is 77.9 Å². The molecule has 0 aromatic heterocycles. The summed E-state index contributed by atoms with van der Waals surface area (Å²) in [7, 11) is 1.51. The van der Waals surface area contributed by atoms with Crippen LogP contribution in [0, 0.1) is 0 Å². The van der Waals surface area contributed by atoms with Crippen LogP contribution >= 0.6 is 0 Å². The van der Waals surface area contributed by atoms with Gasteiger partial charge in [0.2, 0.25) is 35.4 Å². The zero-order valence-corrected chi connectivity index (χ0v) is 31.6. The second kappa shape index (κ2) is 24.0. The Morgan fingerprint density at radius 3 is 2.09 bits per heavy atom. The van der Waals surface area contributed by atoms with Gasteiger partial charge in [-0.3, -0.25) is 43.3 Å². The molecule has 1 heterocycles. The van der Waals surface area contributed by atoms with E-state index in [9.17, 15) is 43.2 Å². The Kier molecular flexibility index (Phi) is 18.9. The predicted octanol–water partition coefficient (Wildman–Crippen LogP) is -0.743. The number of nitrogens with two attached hydrogens (primary N) is 1. The maximum Gasteiger partial charge on any atom is 0.409 e. The zero-order chi connectivity index (χ0) is 41.6. The highest BCUT2D eigenvalue weighted by molar-refractivity contribution is 6.12. The van der Waals surface area contributed by atoms with Crippen molar-refractivity contribution in [1.82, 2.24) is 31.1 Å². The molecule has 1 atom stereocenters. The molecule has 0 aliphatic carbocycles. The minimum atomic E-state index is -1.09. The summed E-state index contributed by atoms with van der Waals surface area (Å²) in [4.78, 5) is 111. The van der Waals surface area contributed by atoms with Gasteiger partial charge in [0.15, 0.2) is 0 Å². The molecule has 19 nitrogen and oxygen atoms in total. The highest BCUT2D eigenvalue weighted by Crippen LogP contribution is 2.12. The molecule has 19 heteroatoms. The number of carbonyl (C=O) groups excluding carboxylic acids is 9. The molecule has 9 amide bonds. The second-order valence-corrected chi connectivity index (χ2v) is 12.8. The topological polar surface area (TPSA) is 265 Å². The molecule has 0 bridgehead atoms. The van der Waals surface area contributed by atoms with Crippen molar-refractivity contribution in [2.24, 2.45) is 5.73 Å². The van der Waals surface area contributed by atoms with Crippen LogP contribution in [0.25, 0.3) is 0 Å². The number of imide groups is 1. The largest absolute Gasteiger partial charge is 0.445 e. The fraction of sp³-hybridized carbons (Fsp3) is 0.395. The third-order valence-electron chi connectivity index (χ3n) is 8.16. The second-order valence-electron chi connectivity index (χ2n) is 12.8. The average molecular weight is 793 g/mol. The van der Waals surface area contributed by atoms with Gasteiger partial charge >= 0.3 is 6.09 Å². The molecule has 57 heavy (non-hydrogen) atoms. The quantitative estimate of drug-likeness (QED) is 0.0570. The first-order chi connectivity index (χ1) is 27.3. The number of unbranched alkanes of at least 4 members (excludes halogenated alkanes) is 2. The molecular weight excluding hydrogens is 744 g/mol. The van der Waals surface area contributed by atoms with Crippen LogP contribution in [0.15, 0.2) is 66.7 Å². The lowest BCUT2D eigenvalue weighted by Crippen LogP contribution is -2.52. The maximum atomic E-state index is 13.2. The van der Waals surface area contributed by atoms with Gasteiger partial charge in [0.05, 0.1) is 26.2 Å². The van der Waals surface area contributed by atoms with Gasteiger partial charge in [-0.25, -0.2) is 4.79 Å². The highest BCUT2D eigenvalue weighted by Gasteiger charge is 2.23. The Morgan fingerprint density at radius 2 is 1.40 bits per heavy atom. The average Bonchev–Trinajstić information content (AvgIpc) is 3.51. The maximum absolute atomic E-state index is 13.2. The van der Waals surface area contributed by atoms with E-state index in [1.807, 2.05) is 0 Å². The molecule has 1 aliphatic rings. The molecule has 306 valence electrons. The molecule has 0 radical (unpaired) electrons. The Balaban J connectivity index is 1.37. The lowest BCUT2D eigenvalue weighted by atomic mass is 10.1. The van der Waals surface area contributed by atoms with Gasteiger partial charge in [-0.1, -0.05) is 48.9 Å². The number of nitrogens with one attached hydrogen (secondary N) is 5. The van der Waals surface area contributed by atoms with Crippen LogP contribution in [0.3, 0.4) is 0 Å². The number of hydrogen-bond donors (Lipinski definition) is 6. The number of rotatable bonds is 24. The van der Waals surface area contributed by atoms with Gasteiger partial charge in [-0.05, 0) is 36.1 Å². The number of carbonyl (C=O) groups is 9. The van der Waals surface area contributed by atoms with Gasteiger partial charge in [0.25, 0.3) is 11.8 Å². The van der Waals surface area contributed by atoms with E-state index in [2.05, 4.69) is 26.6 Å². The Bertz CT molecular complexity index is 1750. The van der Waals surface area contributed by atoms with Crippen LogP contribution in [-0.2, 0) is 60.9 Å². The first-order valence-electron chi connectivity index (χ1n) is 18.1. The van der Waals surface area contributed by atoms with Crippen LogP contribution < -0.4 is 32.3 Å². The van der Waals surface area contributed by atoms with Crippen LogP contribution in [0.2, 0.25) is 0 Å². The molecule has 0 spiro atoms. The van der Waals surface area contributed by atoms with E-state index in [0.717, 1.165) is 10.5 Å². The Labute approximate surface area is 329 Å². The first-order valence-corrected chi connectivity index (χ1v) is 18.1. The smallest absolute Gasteiger partial charge is 0.409 e.